The number of fused-ring (bicyclic) bond motifs is 3. The van der Waals surface area contributed by atoms with Crippen LogP contribution in [0.5, 0.6) is 0 Å². The van der Waals surface area contributed by atoms with Crippen LogP contribution in [0.15, 0.2) is 47.5 Å². The number of nitrogens with zero attached hydrogens (tertiary/aromatic N) is 5. The molecule has 5 rings (SSSR count). The molecule has 10 nitrogen and oxygen atoms in total. The van der Waals surface area contributed by atoms with Gasteiger partial charge in [-0.25, -0.2) is 14.2 Å². The second-order valence-electron chi connectivity index (χ2n) is 9.75. The SMILES string of the molecule is COCN1CCN(CC[N+]23CN(C(=O)NCc4ccc(Cl)c(Cl)c4)C(O)C(=O)C2=Nc2ccccc23)CC1. The maximum Gasteiger partial charge on any atom is 0.324 e. The predicted octanol–water partition coefficient (Wildman–Crippen LogP) is 2.64. The number of piperazine rings is 1. The number of halogens is 2. The lowest BCUT2D eigenvalue weighted by Gasteiger charge is -2.44. The third-order valence-electron chi connectivity index (χ3n) is 7.38. The van der Waals surface area contributed by atoms with Gasteiger partial charge in [0.2, 0.25) is 6.23 Å². The minimum Gasteiger partial charge on any atom is -0.369 e. The number of rotatable bonds is 7. The van der Waals surface area contributed by atoms with Gasteiger partial charge in [-0.2, -0.15) is 4.99 Å². The van der Waals surface area contributed by atoms with E-state index >= 15 is 0 Å². The molecule has 2 aromatic rings. The van der Waals surface area contributed by atoms with Gasteiger partial charge in [-0.3, -0.25) is 14.6 Å². The third kappa shape index (κ3) is 5.17. The van der Waals surface area contributed by atoms with Gasteiger partial charge in [0, 0.05) is 52.4 Å². The van der Waals surface area contributed by atoms with Crippen LogP contribution in [0, 0.1) is 0 Å². The molecule has 0 aliphatic carbocycles. The molecule has 2 amide bonds. The zero-order valence-corrected chi connectivity index (χ0v) is 22.7. The monoisotopic (exact) mass is 561 g/mol. The number of nitrogens with one attached hydrogen (secondary N) is 1. The van der Waals surface area contributed by atoms with Gasteiger partial charge in [0.05, 0.1) is 16.8 Å². The molecule has 2 N–H and O–H groups in total. The first-order chi connectivity index (χ1) is 18.3. The number of amidine groups is 1. The van der Waals surface area contributed by atoms with E-state index in [0.29, 0.717) is 35.6 Å². The van der Waals surface area contributed by atoms with E-state index in [1.165, 1.54) is 4.90 Å². The van der Waals surface area contributed by atoms with Gasteiger partial charge in [0.25, 0.3) is 11.6 Å². The van der Waals surface area contributed by atoms with Gasteiger partial charge in [-0.15, -0.1) is 0 Å². The van der Waals surface area contributed by atoms with Crippen molar-refractivity contribution >= 4 is 52.2 Å². The van der Waals surface area contributed by atoms with E-state index in [-0.39, 0.29) is 23.5 Å². The Hall–Kier alpha value is -2.57. The van der Waals surface area contributed by atoms with Crippen LogP contribution in [0.4, 0.5) is 16.2 Å². The first-order valence-electron chi connectivity index (χ1n) is 12.5. The van der Waals surface area contributed by atoms with E-state index in [4.69, 9.17) is 27.9 Å². The molecule has 202 valence electrons. The molecule has 3 aliphatic heterocycles. The number of benzene rings is 2. The van der Waals surface area contributed by atoms with Gasteiger partial charge in [0.1, 0.15) is 12.2 Å². The van der Waals surface area contributed by atoms with Gasteiger partial charge >= 0.3 is 6.03 Å². The van der Waals surface area contributed by atoms with E-state index in [0.717, 1.165) is 37.4 Å². The van der Waals surface area contributed by atoms with Crippen LogP contribution in [-0.2, 0) is 16.1 Å². The fourth-order valence-electron chi connectivity index (χ4n) is 5.29. The number of aliphatic hydroxyl groups is 1. The number of ketones is 1. The summed E-state index contributed by atoms with van der Waals surface area (Å²) in [5.41, 5.74) is 2.28. The Kier molecular flexibility index (Phi) is 8.01. The van der Waals surface area contributed by atoms with Gasteiger partial charge in [-0.1, -0.05) is 41.4 Å². The number of hydrogen-bond acceptors (Lipinski definition) is 7. The highest BCUT2D eigenvalue weighted by Crippen LogP contribution is 2.43. The number of quaternary nitrogens is 1. The fourth-order valence-corrected chi connectivity index (χ4v) is 5.61. The third-order valence-corrected chi connectivity index (χ3v) is 8.12. The molecule has 38 heavy (non-hydrogen) atoms. The van der Waals surface area contributed by atoms with Crippen LogP contribution in [-0.4, -0.2) is 103 Å². The number of carbonyl (C=O) groups is 2. The minimum atomic E-state index is -1.62. The molecule has 0 aromatic heterocycles. The average Bonchev–Trinajstić information content (AvgIpc) is 3.26. The predicted molar refractivity (Wildman–Crippen MR) is 147 cm³/mol. The summed E-state index contributed by atoms with van der Waals surface area (Å²) in [5.74, 6) is -0.299. The van der Waals surface area contributed by atoms with Crippen molar-refractivity contribution < 1.29 is 19.4 Å². The molecule has 3 heterocycles. The maximum atomic E-state index is 13.4. The summed E-state index contributed by atoms with van der Waals surface area (Å²) >= 11 is 12.1. The highest BCUT2D eigenvalue weighted by Gasteiger charge is 2.56. The standard InChI is InChI=1S/C26H30Cl2N6O4/c1-38-17-32-10-8-31(9-11-32)12-13-34-16-33(26(37)29-15-18-6-7-19(27)20(28)14-18)25(36)23(35)24(34)30-21-4-2-3-5-22(21)34/h2-7,14,25,36H,8-13,15-17H2,1H3/p+1. The van der Waals surface area contributed by atoms with E-state index in [1.807, 2.05) is 24.3 Å². The Morgan fingerprint density at radius 3 is 2.61 bits per heavy atom. The number of para-hydroxylation sites is 2. The van der Waals surface area contributed by atoms with Gasteiger partial charge < -0.3 is 15.2 Å². The second-order valence-corrected chi connectivity index (χ2v) is 10.6. The van der Waals surface area contributed by atoms with Crippen LogP contribution in [0.25, 0.3) is 0 Å². The van der Waals surface area contributed by atoms with Crippen LogP contribution >= 0.6 is 23.2 Å². The summed E-state index contributed by atoms with van der Waals surface area (Å²) in [6.45, 7) is 5.64. The van der Waals surface area contributed by atoms with Crippen LogP contribution in [0.3, 0.4) is 0 Å². The van der Waals surface area contributed by atoms with Crippen molar-refractivity contribution in [1.29, 1.82) is 0 Å². The number of aliphatic hydroxyl groups excluding tert-OH is 1. The normalized spacial score (nSPS) is 23.7. The Bertz CT molecular complexity index is 1250. The van der Waals surface area contributed by atoms with Gasteiger partial charge in [0.15, 0.2) is 12.4 Å². The molecule has 2 atom stereocenters. The van der Waals surface area contributed by atoms with Crippen molar-refractivity contribution in [2.75, 3.05) is 59.8 Å². The molecular weight excluding hydrogens is 531 g/mol. The first-order valence-corrected chi connectivity index (χ1v) is 13.3. The summed E-state index contributed by atoms with van der Waals surface area (Å²) in [6.07, 6.45) is -1.62. The number of methoxy groups -OCH3 is 1. The van der Waals surface area contributed by atoms with Crippen LogP contribution in [0.1, 0.15) is 5.56 Å². The molecular formula is C26H31Cl2N6O4+. The number of carbonyl (C=O) groups excluding carboxylic acids is 2. The first kappa shape index (κ1) is 27.0. The van der Waals surface area contributed by atoms with Crippen molar-refractivity contribution in [2.24, 2.45) is 4.99 Å². The number of amides is 2. The number of Topliss-reactive ketones (excluding diaryl/α,β-unsaturated/α-hetero) is 1. The lowest BCUT2D eigenvalue weighted by molar-refractivity contribution is -0.132. The smallest absolute Gasteiger partial charge is 0.324 e. The minimum absolute atomic E-state index is 0.0829. The lowest BCUT2D eigenvalue weighted by atomic mass is 10.1. The Morgan fingerprint density at radius 1 is 1.13 bits per heavy atom. The van der Waals surface area contributed by atoms with E-state index in [1.54, 1.807) is 25.3 Å². The number of urea groups is 1. The van der Waals surface area contributed by atoms with E-state index in [9.17, 15) is 14.7 Å². The Balaban J connectivity index is 1.35. The van der Waals surface area contributed by atoms with Crippen LogP contribution in [0.2, 0.25) is 10.0 Å². The summed E-state index contributed by atoms with van der Waals surface area (Å²) < 4.78 is 5.34. The van der Waals surface area contributed by atoms with Crippen molar-refractivity contribution in [1.82, 2.24) is 24.5 Å². The topological polar surface area (TPSA) is 97.7 Å². The zero-order valence-electron chi connectivity index (χ0n) is 21.1. The molecule has 0 bridgehead atoms. The Labute approximate surface area is 231 Å². The van der Waals surface area contributed by atoms with Crippen molar-refractivity contribution in [3.05, 3.63) is 58.1 Å². The summed E-state index contributed by atoms with van der Waals surface area (Å²) in [4.78, 5) is 37.2. The lowest BCUT2D eigenvalue weighted by Crippen LogP contribution is -2.72. The molecule has 12 heteroatoms. The molecule has 3 aliphatic rings. The quantitative estimate of drug-likeness (QED) is 0.504. The highest BCUT2D eigenvalue weighted by atomic mass is 35.5. The average molecular weight is 562 g/mol. The van der Waals surface area contributed by atoms with E-state index in [2.05, 4.69) is 20.1 Å². The van der Waals surface area contributed by atoms with Crippen molar-refractivity contribution in [3.63, 3.8) is 0 Å². The molecule has 2 unspecified atom stereocenters. The van der Waals surface area contributed by atoms with E-state index < -0.39 is 18.0 Å². The molecule has 0 radical (unpaired) electrons. The summed E-state index contributed by atoms with van der Waals surface area (Å²) in [7, 11) is 1.70. The maximum absolute atomic E-state index is 13.4. The molecule has 0 spiro atoms. The molecule has 2 fully saturated rings. The highest BCUT2D eigenvalue weighted by molar-refractivity contribution is 6.46. The largest absolute Gasteiger partial charge is 0.369 e. The fraction of sp³-hybridized carbons (Fsp3) is 0.423. The summed E-state index contributed by atoms with van der Waals surface area (Å²) in [6, 6.07) is 12.1. The number of ether oxygens (including phenoxy) is 1. The number of aliphatic imine (C=N–C) groups is 1. The van der Waals surface area contributed by atoms with Crippen molar-refractivity contribution in [2.45, 2.75) is 12.8 Å². The van der Waals surface area contributed by atoms with Crippen molar-refractivity contribution in [3.8, 4) is 0 Å². The molecule has 2 saturated heterocycles. The zero-order chi connectivity index (χ0) is 26.9. The second kappa shape index (κ2) is 11.3. The van der Waals surface area contributed by atoms with Gasteiger partial charge in [-0.05, 0) is 23.8 Å². The van der Waals surface area contributed by atoms with Crippen LogP contribution < -0.4 is 9.80 Å². The molecule has 2 aromatic carbocycles. The Morgan fingerprint density at radius 2 is 1.87 bits per heavy atom. The number of hydrogen-bond donors (Lipinski definition) is 2. The molecule has 0 saturated carbocycles. The summed E-state index contributed by atoms with van der Waals surface area (Å²) in [5, 5.41) is 14.5.